The van der Waals surface area contributed by atoms with Gasteiger partial charge in [-0.05, 0) is 23.6 Å². The highest BCUT2D eigenvalue weighted by molar-refractivity contribution is 9.09. The monoisotopic (exact) mass is 333 g/mol. The van der Waals surface area contributed by atoms with Crippen LogP contribution < -0.4 is 4.74 Å². The van der Waals surface area contributed by atoms with Crippen molar-refractivity contribution in [2.45, 2.75) is 19.6 Å². The molecule has 0 N–H and O–H groups in total. The third kappa shape index (κ3) is 3.89. The van der Waals surface area contributed by atoms with E-state index >= 15 is 0 Å². The van der Waals surface area contributed by atoms with Crippen LogP contribution in [0.2, 0.25) is 0 Å². The van der Waals surface area contributed by atoms with Gasteiger partial charge in [-0.15, -0.1) is 0 Å². The Hall–Kier alpha value is -1.17. The molecule has 1 unspecified atom stereocenters. The molecule has 1 aliphatic heterocycles. The maximum atomic E-state index is 12.1. The van der Waals surface area contributed by atoms with E-state index in [1.165, 1.54) is 6.07 Å². The number of nitrogens with zero attached hydrogens (tertiary/aromatic N) is 1. The van der Waals surface area contributed by atoms with Gasteiger partial charge < -0.3 is 9.64 Å². The van der Waals surface area contributed by atoms with E-state index in [-0.39, 0.29) is 11.7 Å². The van der Waals surface area contributed by atoms with Crippen molar-refractivity contribution in [2.24, 2.45) is 5.92 Å². The third-order valence-corrected chi connectivity index (χ3v) is 3.93. The Bertz CT molecular complexity index is 456. The lowest BCUT2D eigenvalue weighted by atomic mass is 10.1. The Morgan fingerprint density at radius 3 is 2.89 bits per heavy atom. The average molecular weight is 334 g/mol. The van der Waals surface area contributed by atoms with E-state index in [2.05, 4.69) is 20.7 Å². The summed E-state index contributed by atoms with van der Waals surface area (Å²) in [7, 11) is 0. The fourth-order valence-electron chi connectivity index (χ4n) is 2.15. The maximum absolute atomic E-state index is 12.1. The molecule has 1 aromatic rings. The number of halogens is 3. The lowest BCUT2D eigenvalue weighted by molar-refractivity contribution is -0.128. The predicted molar refractivity (Wildman–Crippen MR) is 70.4 cm³/mol. The maximum Gasteiger partial charge on any atom is 0.387 e. The largest absolute Gasteiger partial charge is 0.435 e. The molecular weight excluding hydrogens is 320 g/mol. The highest BCUT2D eigenvalue weighted by atomic mass is 79.9. The molecule has 1 aliphatic rings. The number of alkyl halides is 3. The van der Waals surface area contributed by atoms with E-state index in [0.717, 1.165) is 10.9 Å². The normalized spacial score (nSPS) is 19.3. The van der Waals surface area contributed by atoms with E-state index in [1.807, 2.05) is 0 Å². The fourth-order valence-corrected chi connectivity index (χ4v) is 2.58. The molecule has 0 aliphatic carbocycles. The molecule has 1 heterocycles. The molecule has 6 heteroatoms. The molecule has 1 fully saturated rings. The zero-order chi connectivity index (χ0) is 13.8. The number of amides is 1. The van der Waals surface area contributed by atoms with Crippen molar-refractivity contribution in [1.82, 2.24) is 4.90 Å². The minimum atomic E-state index is -2.83. The molecule has 0 aromatic heterocycles. The zero-order valence-corrected chi connectivity index (χ0v) is 11.8. The second-order valence-electron chi connectivity index (χ2n) is 4.52. The molecule has 0 saturated carbocycles. The smallest absolute Gasteiger partial charge is 0.387 e. The number of hydrogen-bond acceptors (Lipinski definition) is 2. The number of carbonyl (C=O) groups excluding carboxylic acids is 1. The first kappa shape index (κ1) is 14.2. The number of carbonyl (C=O) groups is 1. The average Bonchev–Trinajstić information content (AvgIpc) is 2.70. The van der Waals surface area contributed by atoms with Crippen molar-refractivity contribution in [3.8, 4) is 5.75 Å². The van der Waals surface area contributed by atoms with Gasteiger partial charge in [0.25, 0.3) is 0 Å². The topological polar surface area (TPSA) is 29.5 Å². The molecule has 1 atom stereocenters. The van der Waals surface area contributed by atoms with Crippen LogP contribution in [0.15, 0.2) is 24.3 Å². The van der Waals surface area contributed by atoms with Gasteiger partial charge in [-0.2, -0.15) is 8.78 Å². The van der Waals surface area contributed by atoms with Crippen molar-refractivity contribution >= 4 is 21.8 Å². The molecule has 1 amide bonds. The number of likely N-dealkylation sites (tertiary alicyclic amines) is 1. The second kappa shape index (κ2) is 6.32. The Labute approximate surface area is 118 Å². The van der Waals surface area contributed by atoms with Gasteiger partial charge in [-0.1, -0.05) is 28.1 Å². The summed E-state index contributed by atoms with van der Waals surface area (Å²) in [5.74, 6) is 0.550. The summed E-state index contributed by atoms with van der Waals surface area (Å²) in [5.41, 5.74) is 0.793. The minimum Gasteiger partial charge on any atom is -0.435 e. The molecule has 0 bridgehead atoms. The Morgan fingerprint density at radius 2 is 2.26 bits per heavy atom. The van der Waals surface area contributed by atoms with E-state index in [1.54, 1.807) is 23.1 Å². The van der Waals surface area contributed by atoms with Crippen LogP contribution in [0.1, 0.15) is 12.0 Å². The molecule has 0 radical (unpaired) electrons. The highest BCUT2D eigenvalue weighted by Crippen LogP contribution is 2.23. The summed E-state index contributed by atoms with van der Waals surface area (Å²) < 4.78 is 28.6. The third-order valence-electron chi connectivity index (χ3n) is 3.01. The van der Waals surface area contributed by atoms with Crippen molar-refractivity contribution in [1.29, 1.82) is 0 Å². The highest BCUT2D eigenvalue weighted by Gasteiger charge is 2.28. The SMILES string of the molecule is O=C1CC(CBr)CN1Cc1cccc(OC(F)F)c1. The second-order valence-corrected chi connectivity index (χ2v) is 5.17. The fraction of sp³-hybridized carbons (Fsp3) is 0.462. The Kier molecular flexibility index (Phi) is 4.74. The molecule has 3 nitrogen and oxygen atoms in total. The Morgan fingerprint density at radius 1 is 1.47 bits per heavy atom. The lowest BCUT2D eigenvalue weighted by Crippen LogP contribution is -2.24. The molecule has 2 rings (SSSR count). The molecular formula is C13H14BrF2NO2. The summed E-state index contributed by atoms with van der Waals surface area (Å²) in [6.07, 6.45) is 0.540. The molecule has 19 heavy (non-hydrogen) atoms. The van der Waals surface area contributed by atoms with Gasteiger partial charge in [0, 0.05) is 24.8 Å². The summed E-state index contributed by atoms with van der Waals surface area (Å²) in [4.78, 5) is 13.5. The lowest BCUT2D eigenvalue weighted by Gasteiger charge is -2.17. The first-order chi connectivity index (χ1) is 9.08. The first-order valence-corrected chi connectivity index (χ1v) is 7.08. The minimum absolute atomic E-state index is 0.102. The van der Waals surface area contributed by atoms with Crippen LogP contribution in [0.4, 0.5) is 8.78 Å². The van der Waals surface area contributed by atoms with Crippen LogP contribution in [0.3, 0.4) is 0 Å². The van der Waals surface area contributed by atoms with Gasteiger partial charge in [0.1, 0.15) is 5.75 Å². The Balaban J connectivity index is 2.01. The predicted octanol–water partition coefficient (Wildman–Crippen LogP) is 3.03. The van der Waals surface area contributed by atoms with Gasteiger partial charge in [0.15, 0.2) is 0 Å². The van der Waals surface area contributed by atoms with Gasteiger partial charge >= 0.3 is 6.61 Å². The van der Waals surface area contributed by atoms with E-state index < -0.39 is 6.61 Å². The molecule has 1 saturated heterocycles. The van der Waals surface area contributed by atoms with Crippen molar-refractivity contribution < 1.29 is 18.3 Å². The number of benzene rings is 1. The summed E-state index contributed by atoms with van der Waals surface area (Å²) in [6, 6.07) is 6.46. The summed E-state index contributed by atoms with van der Waals surface area (Å²) >= 11 is 3.37. The molecule has 1 aromatic carbocycles. The van der Waals surface area contributed by atoms with Gasteiger partial charge in [-0.3, -0.25) is 4.79 Å². The van der Waals surface area contributed by atoms with Crippen LogP contribution in [0.5, 0.6) is 5.75 Å². The van der Waals surface area contributed by atoms with Crippen molar-refractivity contribution in [2.75, 3.05) is 11.9 Å². The van der Waals surface area contributed by atoms with Crippen molar-refractivity contribution in [3.05, 3.63) is 29.8 Å². The number of ether oxygens (including phenoxy) is 1. The van der Waals surface area contributed by atoms with Crippen LogP contribution in [0, 0.1) is 5.92 Å². The molecule has 0 spiro atoms. The van der Waals surface area contributed by atoms with E-state index in [0.29, 0.717) is 25.4 Å². The van der Waals surface area contributed by atoms with Crippen LogP contribution in [0.25, 0.3) is 0 Å². The molecule has 104 valence electrons. The zero-order valence-electron chi connectivity index (χ0n) is 10.2. The van der Waals surface area contributed by atoms with E-state index in [4.69, 9.17) is 0 Å². The van der Waals surface area contributed by atoms with Gasteiger partial charge in [0.05, 0.1) is 0 Å². The van der Waals surface area contributed by atoms with Crippen LogP contribution >= 0.6 is 15.9 Å². The van der Waals surface area contributed by atoms with Crippen molar-refractivity contribution in [3.63, 3.8) is 0 Å². The number of hydrogen-bond donors (Lipinski definition) is 0. The van der Waals surface area contributed by atoms with Crippen LogP contribution in [-0.4, -0.2) is 29.3 Å². The summed E-state index contributed by atoms with van der Waals surface area (Å²) in [6.45, 7) is -1.70. The van der Waals surface area contributed by atoms with Crippen LogP contribution in [-0.2, 0) is 11.3 Å². The standard InChI is InChI=1S/C13H14BrF2NO2/c14-6-10-5-12(18)17(8-10)7-9-2-1-3-11(4-9)19-13(15)16/h1-4,10,13H,5-8H2. The van der Waals surface area contributed by atoms with Gasteiger partial charge in [-0.25, -0.2) is 0 Å². The first-order valence-electron chi connectivity index (χ1n) is 5.96. The quantitative estimate of drug-likeness (QED) is 0.775. The number of rotatable bonds is 5. The summed E-state index contributed by atoms with van der Waals surface area (Å²) in [5, 5.41) is 0.795. The van der Waals surface area contributed by atoms with Gasteiger partial charge in [0.2, 0.25) is 5.91 Å². The van der Waals surface area contributed by atoms with E-state index in [9.17, 15) is 13.6 Å².